The van der Waals surface area contributed by atoms with Crippen molar-refractivity contribution in [1.82, 2.24) is 10.2 Å². The summed E-state index contributed by atoms with van der Waals surface area (Å²) in [4.78, 5) is 15.6. The molecule has 2 aromatic rings. The van der Waals surface area contributed by atoms with Crippen LogP contribution in [0.25, 0.3) is 0 Å². The van der Waals surface area contributed by atoms with Crippen LogP contribution in [0.2, 0.25) is 0 Å². The second kappa shape index (κ2) is 12.2. The van der Waals surface area contributed by atoms with Crippen LogP contribution in [0.5, 0.6) is 0 Å². The van der Waals surface area contributed by atoms with Gasteiger partial charge < -0.3 is 19.7 Å². The predicted molar refractivity (Wildman–Crippen MR) is 140 cm³/mol. The van der Waals surface area contributed by atoms with Crippen molar-refractivity contribution < 1.29 is 14.3 Å². The molecule has 0 radical (unpaired) electrons. The molecule has 0 amide bonds. The van der Waals surface area contributed by atoms with Gasteiger partial charge >= 0.3 is 5.97 Å². The molecule has 1 heterocycles. The van der Waals surface area contributed by atoms with Crippen LogP contribution in [-0.4, -0.2) is 57.3 Å². The molecule has 1 atom stereocenters. The van der Waals surface area contributed by atoms with E-state index in [9.17, 15) is 4.79 Å². The maximum atomic E-state index is 13.1. The highest BCUT2D eigenvalue weighted by Gasteiger charge is 2.47. The maximum Gasteiger partial charge on any atom is 0.313 e. The van der Waals surface area contributed by atoms with Crippen molar-refractivity contribution in [1.29, 1.82) is 0 Å². The van der Waals surface area contributed by atoms with Gasteiger partial charge in [0, 0.05) is 32.2 Å². The Morgan fingerprint density at radius 2 is 1.66 bits per heavy atom. The monoisotopic (exact) mass is 478 g/mol. The van der Waals surface area contributed by atoms with Gasteiger partial charge in [-0.3, -0.25) is 4.79 Å². The number of methoxy groups -OCH3 is 1. The van der Waals surface area contributed by atoms with Crippen molar-refractivity contribution in [3.05, 3.63) is 71.8 Å². The molecule has 2 fully saturated rings. The van der Waals surface area contributed by atoms with Gasteiger partial charge in [-0.15, -0.1) is 0 Å². The van der Waals surface area contributed by atoms with Crippen LogP contribution in [0.4, 0.5) is 0 Å². The molecule has 1 aliphatic carbocycles. The SMILES string of the molecule is COCC1(CNC[C@@H](C)c2ccccc2)CCN(CC2(C(=O)OCc3ccccc3)CCC2)CC1. The lowest BCUT2D eigenvalue weighted by Gasteiger charge is -2.47. The largest absolute Gasteiger partial charge is 0.460 e. The van der Waals surface area contributed by atoms with Crippen molar-refractivity contribution in [3.8, 4) is 0 Å². The Hall–Kier alpha value is -2.21. The van der Waals surface area contributed by atoms with E-state index in [1.807, 2.05) is 37.4 Å². The summed E-state index contributed by atoms with van der Waals surface area (Å²) < 4.78 is 11.4. The first-order valence-corrected chi connectivity index (χ1v) is 13.2. The first-order valence-electron chi connectivity index (χ1n) is 13.2. The minimum absolute atomic E-state index is 0.0158. The first kappa shape index (κ1) is 25.9. The highest BCUT2D eigenvalue weighted by atomic mass is 16.5. The third-order valence-corrected chi connectivity index (χ3v) is 8.17. The second-order valence-electron chi connectivity index (χ2n) is 10.8. The van der Waals surface area contributed by atoms with Crippen LogP contribution >= 0.6 is 0 Å². The lowest BCUT2D eigenvalue weighted by Crippen LogP contribution is -2.53. The number of carbonyl (C=O) groups excluding carboxylic acids is 1. The zero-order valence-corrected chi connectivity index (χ0v) is 21.5. The van der Waals surface area contributed by atoms with Crippen LogP contribution < -0.4 is 5.32 Å². The third kappa shape index (κ3) is 6.72. The van der Waals surface area contributed by atoms with Crippen molar-refractivity contribution in [2.45, 2.75) is 51.6 Å². The summed E-state index contributed by atoms with van der Waals surface area (Å²) in [6.07, 6.45) is 5.18. The minimum Gasteiger partial charge on any atom is -0.460 e. The fraction of sp³-hybridized carbons (Fsp3) is 0.567. The standard InChI is InChI=1S/C30H42N2O3/c1-25(27-12-7-4-8-13-27)20-31-22-29(24-34-2)16-18-32(19-17-29)23-30(14-9-15-30)28(33)35-21-26-10-5-3-6-11-26/h3-8,10-13,25,31H,9,14-24H2,1-2H3/t25-/m1/s1. The van der Waals surface area contributed by atoms with Crippen molar-refractivity contribution in [3.63, 3.8) is 0 Å². The van der Waals surface area contributed by atoms with Gasteiger partial charge in [-0.2, -0.15) is 0 Å². The van der Waals surface area contributed by atoms with Gasteiger partial charge in [-0.1, -0.05) is 74.0 Å². The molecule has 1 aliphatic heterocycles. The van der Waals surface area contributed by atoms with Crippen molar-refractivity contribution in [2.75, 3.05) is 46.4 Å². The van der Waals surface area contributed by atoms with E-state index >= 15 is 0 Å². The van der Waals surface area contributed by atoms with Crippen molar-refractivity contribution in [2.24, 2.45) is 10.8 Å². The first-order chi connectivity index (χ1) is 17.0. The smallest absolute Gasteiger partial charge is 0.313 e. The van der Waals surface area contributed by atoms with Gasteiger partial charge in [-0.25, -0.2) is 0 Å². The van der Waals surface area contributed by atoms with Crippen LogP contribution in [0.3, 0.4) is 0 Å². The Kier molecular flexibility index (Phi) is 8.99. The van der Waals surface area contributed by atoms with E-state index in [1.165, 1.54) is 5.56 Å². The van der Waals surface area contributed by atoms with Crippen LogP contribution in [-0.2, 0) is 20.9 Å². The average Bonchev–Trinajstić information content (AvgIpc) is 2.87. The quantitative estimate of drug-likeness (QED) is 0.434. The zero-order chi connectivity index (χ0) is 24.6. The molecular weight excluding hydrogens is 436 g/mol. The summed E-state index contributed by atoms with van der Waals surface area (Å²) in [7, 11) is 1.81. The van der Waals surface area contributed by atoms with Crippen LogP contribution in [0, 0.1) is 10.8 Å². The van der Waals surface area contributed by atoms with Gasteiger partial charge in [0.1, 0.15) is 6.61 Å². The summed E-state index contributed by atoms with van der Waals surface area (Å²) in [5.41, 5.74) is 2.26. The number of rotatable bonds is 12. The molecule has 2 aromatic carbocycles. The zero-order valence-electron chi connectivity index (χ0n) is 21.5. The van der Waals surface area contributed by atoms with Gasteiger partial charge in [0.05, 0.1) is 12.0 Å². The predicted octanol–water partition coefficient (Wildman–Crippen LogP) is 5.02. The van der Waals surface area contributed by atoms with E-state index in [-0.39, 0.29) is 16.8 Å². The lowest BCUT2D eigenvalue weighted by molar-refractivity contribution is -0.165. The molecule has 0 unspecified atom stereocenters. The van der Waals surface area contributed by atoms with Gasteiger partial charge in [0.15, 0.2) is 0 Å². The molecule has 1 N–H and O–H groups in total. The number of likely N-dealkylation sites (tertiary alicyclic amines) is 1. The highest BCUT2D eigenvalue weighted by molar-refractivity contribution is 5.78. The molecule has 1 saturated heterocycles. The Morgan fingerprint density at radius 3 is 2.26 bits per heavy atom. The van der Waals surface area contributed by atoms with E-state index in [1.54, 1.807) is 0 Å². The molecule has 1 saturated carbocycles. The molecule has 0 bridgehead atoms. The van der Waals surface area contributed by atoms with Crippen molar-refractivity contribution >= 4 is 5.97 Å². The molecule has 0 spiro atoms. The Morgan fingerprint density at radius 1 is 1.00 bits per heavy atom. The number of hydrogen-bond acceptors (Lipinski definition) is 5. The summed E-state index contributed by atoms with van der Waals surface area (Å²) >= 11 is 0. The fourth-order valence-corrected chi connectivity index (χ4v) is 5.65. The number of esters is 1. The Bertz CT molecular complexity index is 906. The van der Waals surface area contributed by atoms with Crippen LogP contribution in [0.15, 0.2) is 60.7 Å². The number of ether oxygens (including phenoxy) is 2. The second-order valence-corrected chi connectivity index (χ2v) is 10.8. The van der Waals surface area contributed by atoms with Gasteiger partial charge in [-0.05, 0) is 55.8 Å². The molecule has 35 heavy (non-hydrogen) atoms. The topological polar surface area (TPSA) is 50.8 Å². The van der Waals surface area contributed by atoms with E-state index < -0.39 is 0 Å². The van der Waals surface area contributed by atoms with Gasteiger partial charge in [0.25, 0.3) is 0 Å². The van der Waals surface area contributed by atoms with E-state index in [0.29, 0.717) is 12.5 Å². The molecule has 5 nitrogen and oxygen atoms in total. The maximum absolute atomic E-state index is 13.1. The molecular formula is C30H42N2O3. The van der Waals surface area contributed by atoms with E-state index in [0.717, 1.165) is 77.0 Å². The summed E-state index contributed by atoms with van der Waals surface area (Å²) in [5, 5.41) is 3.74. The number of nitrogens with one attached hydrogen (secondary N) is 1. The number of nitrogens with zero attached hydrogens (tertiary/aromatic N) is 1. The highest BCUT2D eigenvalue weighted by Crippen LogP contribution is 2.44. The number of hydrogen-bond donors (Lipinski definition) is 1. The number of carbonyl (C=O) groups is 1. The van der Waals surface area contributed by atoms with Crippen LogP contribution in [0.1, 0.15) is 56.1 Å². The van der Waals surface area contributed by atoms with E-state index in [2.05, 4.69) is 47.5 Å². The summed E-state index contributed by atoms with van der Waals surface area (Å²) in [6, 6.07) is 20.7. The Balaban J connectivity index is 1.26. The molecule has 190 valence electrons. The van der Waals surface area contributed by atoms with Gasteiger partial charge in [0.2, 0.25) is 0 Å². The number of benzene rings is 2. The fourth-order valence-electron chi connectivity index (χ4n) is 5.65. The molecule has 5 heteroatoms. The Labute approximate surface area is 211 Å². The van der Waals surface area contributed by atoms with E-state index in [4.69, 9.17) is 9.47 Å². The number of piperidine rings is 1. The lowest BCUT2D eigenvalue weighted by atomic mass is 9.67. The average molecular weight is 479 g/mol. The summed E-state index contributed by atoms with van der Waals surface area (Å²) in [5.74, 6) is 0.467. The molecule has 2 aliphatic rings. The molecule has 0 aromatic heterocycles. The normalized spacial score (nSPS) is 20.1. The molecule has 4 rings (SSSR count). The third-order valence-electron chi connectivity index (χ3n) is 8.17. The summed E-state index contributed by atoms with van der Waals surface area (Å²) in [6.45, 7) is 8.19. The minimum atomic E-state index is -0.320.